The van der Waals surface area contributed by atoms with Gasteiger partial charge in [0.25, 0.3) is 0 Å². The number of benzene rings is 2. The Bertz CT molecular complexity index is 977. The van der Waals surface area contributed by atoms with E-state index in [-0.39, 0.29) is 18.2 Å². The zero-order valence-corrected chi connectivity index (χ0v) is 18.0. The third-order valence-electron chi connectivity index (χ3n) is 5.33. The van der Waals surface area contributed by atoms with Crippen LogP contribution in [0.3, 0.4) is 0 Å². The molecule has 1 unspecified atom stereocenters. The Morgan fingerprint density at radius 1 is 1.09 bits per heavy atom. The zero-order chi connectivity index (χ0) is 22.3. The number of hydrogen-bond acceptors (Lipinski definition) is 6. The minimum atomic E-state index is -0.436. The first-order chi connectivity index (χ1) is 15.6. The molecule has 0 aliphatic carbocycles. The highest BCUT2D eigenvalue weighted by Gasteiger charge is 2.21. The minimum absolute atomic E-state index is 0.185. The van der Waals surface area contributed by atoms with E-state index in [0.717, 1.165) is 38.6 Å². The van der Waals surface area contributed by atoms with E-state index < -0.39 is 12.0 Å². The van der Waals surface area contributed by atoms with Crippen molar-refractivity contribution in [2.75, 3.05) is 51.0 Å². The summed E-state index contributed by atoms with van der Waals surface area (Å²) >= 11 is 0. The normalized spacial score (nSPS) is 19.0. The van der Waals surface area contributed by atoms with Crippen molar-refractivity contribution in [1.82, 2.24) is 4.90 Å². The van der Waals surface area contributed by atoms with Gasteiger partial charge in [-0.1, -0.05) is 6.07 Å². The maximum atomic E-state index is 14.8. The Morgan fingerprint density at radius 3 is 2.72 bits per heavy atom. The molecule has 2 aliphatic heterocycles. The van der Waals surface area contributed by atoms with E-state index in [1.165, 1.54) is 18.2 Å². The lowest BCUT2D eigenvalue weighted by Gasteiger charge is -2.31. The van der Waals surface area contributed by atoms with Gasteiger partial charge in [0.1, 0.15) is 24.8 Å². The summed E-state index contributed by atoms with van der Waals surface area (Å²) in [5.41, 5.74) is 1.46. The molecule has 0 bridgehead atoms. The fraction of sp³-hybridized carbons (Fsp3) is 0.375. The molecule has 8 heteroatoms. The third-order valence-corrected chi connectivity index (χ3v) is 5.33. The summed E-state index contributed by atoms with van der Waals surface area (Å²) in [6.45, 7) is 6.38. The standard InChI is InChI=1S/C24H27F2N3O3/c1-18-7-8-29(24(27-18)17-32-21-4-2-3-19(25)15-21)20-5-6-23(22(26)16-20)31-14-11-28-9-12-30-13-10-28/h2-8,15-16,24H,9-14,17H2,1H3. The van der Waals surface area contributed by atoms with Crippen LogP contribution in [0.4, 0.5) is 14.5 Å². The molecule has 2 aromatic carbocycles. The first-order valence-electron chi connectivity index (χ1n) is 10.7. The van der Waals surface area contributed by atoms with Crippen molar-refractivity contribution >= 4 is 11.4 Å². The molecular weight excluding hydrogens is 416 g/mol. The van der Waals surface area contributed by atoms with Crippen LogP contribution in [0.5, 0.6) is 11.5 Å². The van der Waals surface area contributed by atoms with Gasteiger partial charge in [0, 0.05) is 49.4 Å². The number of ether oxygens (including phenoxy) is 3. The topological polar surface area (TPSA) is 46.5 Å². The summed E-state index contributed by atoms with van der Waals surface area (Å²) in [6.07, 6.45) is 3.29. The lowest BCUT2D eigenvalue weighted by Crippen LogP contribution is -2.38. The maximum Gasteiger partial charge on any atom is 0.167 e. The number of halogens is 2. The van der Waals surface area contributed by atoms with Crippen LogP contribution in [-0.4, -0.2) is 62.8 Å². The molecule has 2 aromatic rings. The molecule has 2 aliphatic rings. The van der Waals surface area contributed by atoms with E-state index in [1.807, 2.05) is 24.1 Å². The van der Waals surface area contributed by atoms with Gasteiger partial charge in [-0.3, -0.25) is 9.89 Å². The first-order valence-corrected chi connectivity index (χ1v) is 10.7. The summed E-state index contributed by atoms with van der Waals surface area (Å²) in [6, 6.07) is 10.8. The van der Waals surface area contributed by atoms with Crippen molar-refractivity contribution in [2.45, 2.75) is 13.1 Å². The number of allylic oxidation sites excluding steroid dienone is 1. The van der Waals surface area contributed by atoms with Crippen molar-refractivity contribution in [2.24, 2.45) is 4.99 Å². The van der Waals surface area contributed by atoms with E-state index in [9.17, 15) is 8.78 Å². The van der Waals surface area contributed by atoms with Gasteiger partial charge < -0.3 is 19.1 Å². The first kappa shape index (κ1) is 22.2. The third kappa shape index (κ3) is 5.83. The number of nitrogens with zero attached hydrogens (tertiary/aromatic N) is 3. The minimum Gasteiger partial charge on any atom is -0.489 e. The van der Waals surface area contributed by atoms with E-state index in [2.05, 4.69) is 9.89 Å². The van der Waals surface area contributed by atoms with Gasteiger partial charge in [-0.25, -0.2) is 8.78 Å². The van der Waals surface area contributed by atoms with Crippen LogP contribution in [0.2, 0.25) is 0 Å². The van der Waals surface area contributed by atoms with Gasteiger partial charge in [-0.2, -0.15) is 0 Å². The molecule has 1 fully saturated rings. The molecule has 0 radical (unpaired) electrons. The summed E-state index contributed by atoms with van der Waals surface area (Å²) < 4.78 is 44.9. The van der Waals surface area contributed by atoms with Gasteiger partial charge in [-0.15, -0.1) is 0 Å². The molecule has 0 saturated carbocycles. The lowest BCUT2D eigenvalue weighted by atomic mass is 10.2. The van der Waals surface area contributed by atoms with Crippen LogP contribution >= 0.6 is 0 Å². The molecule has 2 heterocycles. The fourth-order valence-electron chi connectivity index (χ4n) is 3.61. The number of rotatable bonds is 8. The number of hydrogen-bond donors (Lipinski definition) is 0. The largest absolute Gasteiger partial charge is 0.489 e. The van der Waals surface area contributed by atoms with Crippen LogP contribution in [0.25, 0.3) is 0 Å². The van der Waals surface area contributed by atoms with Crippen molar-refractivity contribution in [3.63, 3.8) is 0 Å². The van der Waals surface area contributed by atoms with Crippen LogP contribution in [0.1, 0.15) is 6.92 Å². The van der Waals surface area contributed by atoms with Crippen molar-refractivity contribution in [1.29, 1.82) is 0 Å². The Hall–Kier alpha value is -2.97. The van der Waals surface area contributed by atoms with Gasteiger partial charge in [-0.05, 0) is 37.3 Å². The molecule has 0 N–H and O–H groups in total. The Balaban J connectivity index is 1.39. The van der Waals surface area contributed by atoms with Crippen LogP contribution in [0, 0.1) is 11.6 Å². The SMILES string of the molecule is CC1=NC(COc2cccc(F)c2)N(c2ccc(OCCN3CCOCC3)c(F)c2)C=C1. The van der Waals surface area contributed by atoms with Gasteiger partial charge in [0.05, 0.1) is 13.2 Å². The van der Waals surface area contributed by atoms with Gasteiger partial charge >= 0.3 is 0 Å². The Kier molecular flexibility index (Phi) is 7.34. The molecule has 6 nitrogen and oxygen atoms in total. The highest BCUT2D eigenvalue weighted by atomic mass is 19.1. The van der Waals surface area contributed by atoms with E-state index in [0.29, 0.717) is 18.0 Å². The molecular formula is C24H27F2N3O3. The molecule has 1 atom stereocenters. The maximum absolute atomic E-state index is 14.8. The molecule has 0 aromatic heterocycles. The van der Waals surface area contributed by atoms with E-state index in [1.54, 1.807) is 24.3 Å². The molecule has 0 amide bonds. The quantitative estimate of drug-likeness (QED) is 0.620. The summed E-state index contributed by atoms with van der Waals surface area (Å²) in [5.74, 6) is -0.166. The second kappa shape index (κ2) is 10.6. The molecule has 4 rings (SSSR count). The summed E-state index contributed by atoms with van der Waals surface area (Å²) in [5, 5.41) is 0. The highest BCUT2D eigenvalue weighted by Crippen LogP contribution is 2.27. The molecule has 32 heavy (non-hydrogen) atoms. The van der Waals surface area contributed by atoms with Crippen LogP contribution < -0.4 is 14.4 Å². The predicted molar refractivity (Wildman–Crippen MR) is 120 cm³/mol. The van der Waals surface area contributed by atoms with Crippen molar-refractivity contribution < 1.29 is 23.0 Å². The van der Waals surface area contributed by atoms with E-state index >= 15 is 0 Å². The molecule has 170 valence electrons. The monoisotopic (exact) mass is 443 g/mol. The van der Waals surface area contributed by atoms with E-state index in [4.69, 9.17) is 14.2 Å². The lowest BCUT2D eigenvalue weighted by molar-refractivity contribution is 0.0320. The van der Waals surface area contributed by atoms with Gasteiger partial charge in [0.2, 0.25) is 0 Å². The predicted octanol–water partition coefficient (Wildman–Crippen LogP) is 3.88. The van der Waals surface area contributed by atoms with Crippen LogP contribution in [0.15, 0.2) is 59.7 Å². The number of morpholine rings is 1. The summed E-state index contributed by atoms with van der Waals surface area (Å²) in [7, 11) is 0. The van der Waals surface area contributed by atoms with Crippen molar-refractivity contribution in [3.8, 4) is 11.5 Å². The van der Waals surface area contributed by atoms with Crippen molar-refractivity contribution in [3.05, 3.63) is 66.4 Å². The van der Waals surface area contributed by atoms with Gasteiger partial charge in [0.15, 0.2) is 17.7 Å². The Labute approximate surface area is 186 Å². The zero-order valence-electron chi connectivity index (χ0n) is 18.0. The fourth-order valence-corrected chi connectivity index (χ4v) is 3.61. The van der Waals surface area contributed by atoms with Crippen LogP contribution in [-0.2, 0) is 4.74 Å². The average Bonchev–Trinajstić information content (AvgIpc) is 2.80. The number of anilines is 1. The highest BCUT2D eigenvalue weighted by molar-refractivity contribution is 5.94. The second-order valence-electron chi connectivity index (χ2n) is 7.66. The average molecular weight is 443 g/mol. The smallest absolute Gasteiger partial charge is 0.167 e. The Morgan fingerprint density at radius 2 is 1.94 bits per heavy atom. The summed E-state index contributed by atoms with van der Waals surface area (Å²) in [4.78, 5) is 8.66. The molecule has 1 saturated heterocycles. The molecule has 0 spiro atoms. The number of aliphatic imine (C=N–C) groups is 1. The second-order valence-corrected chi connectivity index (χ2v) is 7.66.